The van der Waals surface area contributed by atoms with Gasteiger partial charge in [0.1, 0.15) is 11.9 Å². The summed E-state index contributed by atoms with van der Waals surface area (Å²) < 4.78 is 36.2. The third kappa shape index (κ3) is 6.07. The van der Waals surface area contributed by atoms with Crippen LogP contribution in [0.1, 0.15) is 26.7 Å². The number of carbonyl (C=O) groups is 2. The lowest BCUT2D eigenvalue weighted by Crippen LogP contribution is -2.53. The highest BCUT2D eigenvalue weighted by molar-refractivity contribution is 7.91. The number of hydrogen-bond acceptors (Lipinski definition) is 4. The summed E-state index contributed by atoms with van der Waals surface area (Å²) in [4.78, 5) is 24.8. The Morgan fingerprint density at radius 3 is 2.63 bits per heavy atom. The van der Waals surface area contributed by atoms with E-state index in [1.165, 1.54) is 12.1 Å². The molecule has 10 heteroatoms. The smallest absolute Gasteiger partial charge is 0.315 e. The maximum Gasteiger partial charge on any atom is 0.315 e. The van der Waals surface area contributed by atoms with E-state index in [1.807, 2.05) is 13.8 Å². The number of anilines is 1. The summed E-state index contributed by atoms with van der Waals surface area (Å²) >= 11 is 5.71. The van der Waals surface area contributed by atoms with Crippen LogP contribution in [0.25, 0.3) is 0 Å². The SMILES string of the molecule is CC[C@H](C)[C@@H](NC(=O)NC1CCS(=O)(=O)C1)C(=O)Nc1ccc(F)c(Cl)c1. The highest BCUT2D eigenvalue weighted by Crippen LogP contribution is 2.20. The van der Waals surface area contributed by atoms with Crippen molar-refractivity contribution in [2.75, 3.05) is 16.8 Å². The number of rotatable bonds is 6. The molecule has 2 rings (SSSR count). The van der Waals surface area contributed by atoms with Gasteiger partial charge in [-0.25, -0.2) is 17.6 Å². The Bertz CT molecular complexity index is 818. The fourth-order valence-electron chi connectivity index (χ4n) is 2.77. The number of halogens is 2. The Hall–Kier alpha value is -1.87. The second-order valence-electron chi connectivity index (χ2n) is 6.70. The third-order valence-electron chi connectivity index (χ3n) is 4.54. The zero-order valence-electron chi connectivity index (χ0n) is 15.1. The van der Waals surface area contributed by atoms with Gasteiger partial charge in [-0.05, 0) is 30.5 Å². The first-order chi connectivity index (χ1) is 12.6. The monoisotopic (exact) mass is 419 g/mol. The molecule has 0 saturated carbocycles. The standard InChI is InChI=1S/C17H23ClFN3O4S/c1-3-10(2)15(16(23)20-11-4-5-14(19)13(18)8-11)22-17(24)21-12-6-7-27(25,26)9-12/h4-5,8,10,12,15H,3,6-7,9H2,1-2H3,(H,20,23)(H2,21,22,24)/t10-,12?,15+/m0/s1. The van der Waals surface area contributed by atoms with Crippen LogP contribution in [0.2, 0.25) is 5.02 Å². The largest absolute Gasteiger partial charge is 0.334 e. The molecule has 1 unspecified atom stereocenters. The normalized spacial score (nSPS) is 20.5. The summed E-state index contributed by atoms with van der Waals surface area (Å²) in [6, 6.07) is 1.87. The van der Waals surface area contributed by atoms with Crippen molar-refractivity contribution in [1.82, 2.24) is 10.6 Å². The van der Waals surface area contributed by atoms with Gasteiger partial charge in [0.25, 0.3) is 0 Å². The van der Waals surface area contributed by atoms with Crippen molar-refractivity contribution in [2.45, 2.75) is 38.8 Å². The van der Waals surface area contributed by atoms with Crippen LogP contribution in [-0.4, -0.2) is 43.9 Å². The minimum Gasteiger partial charge on any atom is -0.334 e. The zero-order chi connectivity index (χ0) is 20.2. The molecule has 7 nitrogen and oxygen atoms in total. The lowest BCUT2D eigenvalue weighted by atomic mass is 9.98. The van der Waals surface area contributed by atoms with Crippen molar-refractivity contribution in [3.63, 3.8) is 0 Å². The van der Waals surface area contributed by atoms with Crippen LogP contribution in [0.5, 0.6) is 0 Å². The Balaban J connectivity index is 2.02. The molecule has 27 heavy (non-hydrogen) atoms. The van der Waals surface area contributed by atoms with Crippen LogP contribution in [0.15, 0.2) is 18.2 Å². The van der Waals surface area contributed by atoms with Crippen LogP contribution in [-0.2, 0) is 14.6 Å². The Labute approximate surface area is 163 Å². The lowest BCUT2D eigenvalue weighted by molar-refractivity contribution is -0.119. The van der Waals surface area contributed by atoms with Gasteiger partial charge in [0, 0.05) is 11.7 Å². The summed E-state index contributed by atoms with van der Waals surface area (Å²) in [6.07, 6.45) is 0.977. The minimum atomic E-state index is -3.12. The van der Waals surface area contributed by atoms with Crippen molar-refractivity contribution in [2.24, 2.45) is 5.92 Å². The first-order valence-electron chi connectivity index (χ1n) is 8.64. The molecule has 150 valence electrons. The average molecular weight is 420 g/mol. The van der Waals surface area contributed by atoms with Gasteiger partial charge in [-0.2, -0.15) is 0 Å². The van der Waals surface area contributed by atoms with Gasteiger partial charge in [0.05, 0.1) is 16.5 Å². The first kappa shape index (κ1) is 21.4. The van der Waals surface area contributed by atoms with Crippen molar-refractivity contribution in [3.8, 4) is 0 Å². The molecule has 0 aliphatic carbocycles. The number of amides is 3. The van der Waals surface area contributed by atoms with Gasteiger partial charge in [-0.15, -0.1) is 0 Å². The van der Waals surface area contributed by atoms with Crippen LogP contribution in [0, 0.1) is 11.7 Å². The molecule has 1 saturated heterocycles. The molecule has 1 aromatic carbocycles. The van der Waals surface area contributed by atoms with Crippen LogP contribution in [0.4, 0.5) is 14.9 Å². The van der Waals surface area contributed by atoms with Gasteiger partial charge in [-0.1, -0.05) is 31.9 Å². The van der Waals surface area contributed by atoms with E-state index in [4.69, 9.17) is 11.6 Å². The van der Waals surface area contributed by atoms with E-state index in [0.717, 1.165) is 6.07 Å². The summed E-state index contributed by atoms with van der Waals surface area (Å²) in [7, 11) is -3.12. The van der Waals surface area contributed by atoms with Gasteiger partial charge in [-0.3, -0.25) is 4.79 Å². The molecule has 0 spiro atoms. The fourth-order valence-corrected chi connectivity index (χ4v) is 4.63. The fraction of sp³-hybridized carbons (Fsp3) is 0.529. The second-order valence-corrected chi connectivity index (χ2v) is 9.34. The number of benzene rings is 1. The van der Waals surface area contributed by atoms with Crippen molar-refractivity contribution in [1.29, 1.82) is 0 Å². The number of sulfone groups is 1. The highest BCUT2D eigenvalue weighted by atomic mass is 35.5. The third-order valence-corrected chi connectivity index (χ3v) is 6.59. The molecule has 3 atom stereocenters. The Morgan fingerprint density at radius 1 is 1.37 bits per heavy atom. The maximum absolute atomic E-state index is 13.2. The van der Waals surface area contributed by atoms with E-state index < -0.39 is 39.7 Å². The van der Waals surface area contributed by atoms with Crippen molar-refractivity contribution < 1.29 is 22.4 Å². The molecule has 1 aliphatic heterocycles. The van der Waals surface area contributed by atoms with Crippen LogP contribution in [0.3, 0.4) is 0 Å². The molecule has 1 fully saturated rings. The quantitative estimate of drug-likeness (QED) is 0.658. The van der Waals surface area contributed by atoms with E-state index in [2.05, 4.69) is 16.0 Å². The second kappa shape index (κ2) is 8.88. The highest BCUT2D eigenvalue weighted by Gasteiger charge is 2.31. The number of hydrogen-bond donors (Lipinski definition) is 3. The number of nitrogens with one attached hydrogen (secondary N) is 3. The van der Waals surface area contributed by atoms with E-state index >= 15 is 0 Å². The molecule has 0 radical (unpaired) electrons. The molecule has 3 amide bonds. The molecule has 1 aliphatic rings. The van der Waals surface area contributed by atoms with Gasteiger partial charge in [0.2, 0.25) is 5.91 Å². The zero-order valence-corrected chi connectivity index (χ0v) is 16.7. The van der Waals surface area contributed by atoms with E-state index in [-0.39, 0.29) is 22.4 Å². The van der Waals surface area contributed by atoms with Crippen molar-refractivity contribution >= 4 is 39.1 Å². The van der Waals surface area contributed by atoms with Gasteiger partial charge >= 0.3 is 6.03 Å². The first-order valence-corrected chi connectivity index (χ1v) is 10.8. The Morgan fingerprint density at radius 2 is 2.07 bits per heavy atom. The number of urea groups is 1. The van der Waals surface area contributed by atoms with Crippen molar-refractivity contribution in [3.05, 3.63) is 29.0 Å². The molecule has 0 bridgehead atoms. The van der Waals surface area contributed by atoms with Crippen LogP contribution >= 0.6 is 11.6 Å². The summed E-state index contributed by atoms with van der Waals surface area (Å²) in [6.45, 7) is 3.69. The van der Waals surface area contributed by atoms with Gasteiger partial charge in [0.15, 0.2) is 9.84 Å². The average Bonchev–Trinajstić information content (AvgIpc) is 2.93. The summed E-state index contributed by atoms with van der Waals surface area (Å²) in [5, 5.41) is 7.69. The molecular formula is C17H23ClFN3O4S. The van der Waals surface area contributed by atoms with E-state index in [1.54, 1.807) is 0 Å². The van der Waals surface area contributed by atoms with E-state index in [0.29, 0.717) is 18.5 Å². The molecule has 1 heterocycles. The van der Waals surface area contributed by atoms with E-state index in [9.17, 15) is 22.4 Å². The predicted molar refractivity (Wildman–Crippen MR) is 102 cm³/mol. The van der Waals surface area contributed by atoms with Gasteiger partial charge < -0.3 is 16.0 Å². The predicted octanol–water partition coefficient (Wildman–Crippen LogP) is 2.32. The maximum atomic E-state index is 13.2. The molecule has 0 aromatic heterocycles. The number of carbonyl (C=O) groups excluding carboxylic acids is 2. The summed E-state index contributed by atoms with van der Waals surface area (Å²) in [5.74, 6) is -1.31. The molecule has 3 N–H and O–H groups in total. The topological polar surface area (TPSA) is 104 Å². The molecular weight excluding hydrogens is 397 g/mol. The molecule has 1 aromatic rings. The lowest BCUT2D eigenvalue weighted by Gasteiger charge is -2.24. The van der Waals surface area contributed by atoms with Crippen LogP contribution < -0.4 is 16.0 Å². The minimum absolute atomic E-state index is 0.0402. The Kier molecular flexibility index (Phi) is 7.05. The summed E-state index contributed by atoms with van der Waals surface area (Å²) in [5.41, 5.74) is 0.309.